The van der Waals surface area contributed by atoms with Crippen molar-refractivity contribution in [1.29, 1.82) is 0 Å². The highest BCUT2D eigenvalue weighted by Gasteiger charge is 2.58. The lowest BCUT2D eigenvalue weighted by Gasteiger charge is -2.29. The summed E-state index contributed by atoms with van der Waals surface area (Å²) in [7, 11) is 1.52. The molecular weight excluding hydrogens is 612 g/mol. The molecule has 4 aromatic rings. The van der Waals surface area contributed by atoms with E-state index in [1.807, 2.05) is 0 Å². The van der Waals surface area contributed by atoms with Crippen LogP contribution in [0, 0.1) is 5.92 Å². The minimum Gasteiger partial charge on any atom is -0.497 e. The Hall–Kier alpha value is -3.88. The van der Waals surface area contributed by atoms with E-state index in [2.05, 4.69) is 5.32 Å². The summed E-state index contributed by atoms with van der Waals surface area (Å²) in [4.78, 5) is 55.1. The summed E-state index contributed by atoms with van der Waals surface area (Å²) in [5.74, 6) is -3.23. The molecule has 216 valence electrons. The first-order valence-corrected chi connectivity index (χ1v) is 15.1. The van der Waals surface area contributed by atoms with Gasteiger partial charge in [-0.05, 0) is 47.8 Å². The van der Waals surface area contributed by atoms with Gasteiger partial charge in [-0.25, -0.2) is 4.90 Å². The van der Waals surface area contributed by atoms with Crippen molar-refractivity contribution in [3.05, 3.63) is 91.0 Å². The monoisotopic (exact) mass is 631 g/mol. The van der Waals surface area contributed by atoms with Gasteiger partial charge >= 0.3 is 11.0 Å². The molecular formula is C28H20F3N3O5S3. The van der Waals surface area contributed by atoms with Crippen molar-refractivity contribution in [3.8, 4) is 5.75 Å². The highest BCUT2D eigenvalue weighted by Crippen LogP contribution is 2.55. The third-order valence-corrected chi connectivity index (χ3v) is 10.6. The standard InChI is InChI=1S/C28H20F3N3O5S3/c1-39-15-10-8-14(9-11-15)32-19(35)13-33-26-23(42-27(33)38)20(18-7-4-12-40-18)21-22(41-26)25(37)34(24(21)36)17-6-3-2-5-16(17)28(29,30)31/h2-12,20-22H,13H2,1H3,(H,32,35). The summed E-state index contributed by atoms with van der Waals surface area (Å²) >= 11 is 3.13. The van der Waals surface area contributed by atoms with E-state index in [1.165, 1.54) is 35.1 Å². The maximum atomic E-state index is 13.9. The van der Waals surface area contributed by atoms with E-state index >= 15 is 0 Å². The van der Waals surface area contributed by atoms with Crippen molar-refractivity contribution in [2.45, 2.75) is 28.9 Å². The summed E-state index contributed by atoms with van der Waals surface area (Å²) in [5, 5.41) is 3.76. The number of hydrogen-bond acceptors (Lipinski definition) is 8. The van der Waals surface area contributed by atoms with Crippen LogP contribution in [0.2, 0.25) is 0 Å². The first-order chi connectivity index (χ1) is 20.1. The molecule has 2 aromatic carbocycles. The van der Waals surface area contributed by atoms with Crippen LogP contribution in [0.25, 0.3) is 0 Å². The Kier molecular flexibility index (Phi) is 7.23. The Morgan fingerprint density at radius 3 is 2.40 bits per heavy atom. The molecule has 6 rings (SSSR count). The van der Waals surface area contributed by atoms with Crippen LogP contribution in [-0.2, 0) is 27.1 Å². The SMILES string of the molecule is COc1ccc(NC(=O)Cn2c3c(sc2=O)C(c2cccs2)C2C(=O)N(c4ccccc4C(F)(F)F)C(=O)C2S3)cc1. The fourth-order valence-corrected chi connectivity index (χ4v) is 8.92. The van der Waals surface area contributed by atoms with Crippen LogP contribution in [0.5, 0.6) is 5.75 Å². The third kappa shape index (κ3) is 4.82. The molecule has 2 aromatic heterocycles. The number of para-hydroxylation sites is 1. The number of amides is 3. The second-order valence-corrected chi connectivity index (χ2v) is 12.6. The number of carbonyl (C=O) groups is 3. The first kappa shape index (κ1) is 28.2. The van der Waals surface area contributed by atoms with E-state index in [4.69, 9.17) is 4.74 Å². The van der Waals surface area contributed by atoms with E-state index in [0.29, 0.717) is 31.1 Å². The predicted molar refractivity (Wildman–Crippen MR) is 153 cm³/mol. The molecule has 1 N–H and O–H groups in total. The number of hydrogen-bond donors (Lipinski definition) is 1. The third-order valence-electron chi connectivity index (χ3n) is 7.02. The number of aromatic nitrogens is 1. The lowest BCUT2D eigenvalue weighted by molar-refractivity contribution is -0.137. The molecule has 3 amide bonds. The van der Waals surface area contributed by atoms with Crippen molar-refractivity contribution in [2.75, 3.05) is 17.3 Å². The quantitative estimate of drug-likeness (QED) is 0.285. The summed E-state index contributed by atoms with van der Waals surface area (Å²) < 4.78 is 48.0. The molecule has 0 radical (unpaired) electrons. The number of benzene rings is 2. The zero-order valence-corrected chi connectivity index (χ0v) is 24.0. The average molecular weight is 632 g/mol. The van der Waals surface area contributed by atoms with Crippen molar-refractivity contribution in [2.24, 2.45) is 5.92 Å². The number of nitrogens with zero attached hydrogens (tertiary/aromatic N) is 2. The molecule has 1 saturated heterocycles. The normalized spacial score (nSPS) is 19.9. The molecule has 3 unspecified atom stereocenters. The van der Waals surface area contributed by atoms with Gasteiger partial charge in [-0.3, -0.25) is 23.7 Å². The van der Waals surface area contributed by atoms with Gasteiger partial charge in [0.1, 0.15) is 17.5 Å². The molecule has 0 spiro atoms. The van der Waals surface area contributed by atoms with Gasteiger partial charge in [-0.15, -0.1) is 11.3 Å². The van der Waals surface area contributed by atoms with Crippen LogP contribution < -0.4 is 19.8 Å². The Balaban J connectivity index is 1.38. The molecule has 3 atom stereocenters. The topological polar surface area (TPSA) is 97.7 Å². The lowest BCUT2D eigenvalue weighted by Crippen LogP contribution is -2.33. The highest BCUT2D eigenvalue weighted by molar-refractivity contribution is 8.00. The summed E-state index contributed by atoms with van der Waals surface area (Å²) in [6.45, 7) is -0.360. The number of nitrogens with one attached hydrogen (secondary N) is 1. The average Bonchev–Trinajstić information content (AvgIpc) is 3.66. The van der Waals surface area contributed by atoms with E-state index in [0.717, 1.165) is 35.2 Å². The van der Waals surface area contributed by atoms with Gasteiger partial charge in [-0.1, -0.05) is 41.3 Å². The van der Waals surface area contributed by atoms with Gasteiger partial charge in [-0.2, -0.15) is 13.2 Å². The second kappa shape index (κ2) is 10.7. The van der Waals surface area contributed by atoms with Gasteiger partial charge in [0.05, 0.1) is 29.3 Å². The van der Waals surface area contributed by atoms with Crippen molar-refractivity contribution in [1.82, 2.24) is 4.57 Å². The number of imide groups is 1. The molecule has 4 heterocycles. The van der Waals surface area contributed by atoms with Gasteiger partial charge in [0.2, 0.25) is 17.7 Å². The lowest BCUT2D eigenvalue weighted by atomic mass is 9.87. The molecule has 2 aliphatic rings. The fraction of sp³-hybridized carbons (Fsp3) is 0.214. The molecule has 8 nitrogen and oxygen atoms in total. The number of thiophene rings is 1. The number of rotatable bonds is 6. The fourth-order valence-electron chi connectivity index (χ4n) is 5.19. The maximum absolute atomic E-state index is 13.9. The van der Waals surface area contributed by atoms with E-state index in [1.54, 1.807) is 41.8 Å². The van der Waals surface area contributed by atoms with E-state index in [-0.39, 0.29) is 6.54 Å². The van der Waals surface area contributed by atoms with Crippen molar-refractivity contribution in [3.63, 3.8) is 0 Å². The Morgan fingerprint density at radius 2 is 1.74 bits per heavy atom. The zero-order chi connectivity index (χ0) is 29.8. The van der Waals surface area contributed by atoms with Crippen LogP contribution in [0.1, 0.15) is 21.2 Å². The first-order valence-electron chi connectivity index (χ1n) is 12.5. The Morgan fingerprint density at radius 1 is 1.00 bits per heavy atom. The number of fused-ring (bicyclic) bond motifs is 2. The van der Waals surface area contributed by atoms with Crippen molar-refractivity contribution >= 4 is 63.5 Å². The number of ether oxygens (including phenoxy) is 1. The van der Waals surface area contributed by atoms with E-state index in [9.17, 15) is 32.3 Å². The number of anilines is 2. The van der Waals surface area contributed by atoms with Crippen LogP contribution in [0.15, 0.2) is 75.9 Å². The molecule has 0 bridgehead atoms. The minimum atomic E-state index is -4.79. The number of carbonyl (C=O) groups excluding carboxylic acids is 3. The van der Waals surface area contributed by atoms with Crippen LogP contribution >= 0.6 is 34.4 Å². The van der Waals surface area contributed by atoms with Crippen LogP contribution in [0.4, 0.5) is 24.5 Å². The van der Waals surface area contributed by atoms with E-state index < -0.39 is 57.1 Å². The summed E-state index contributed by atoms with van der Waals surface area (Å²) in [6.07, 6.45) is -4.79. The number of alkyl halides is 3. The number of thioether (sulfide) groups is 1. The summed E-state index contributed by atoms with van der Waals surface area (Å²) in [6, 6.07) is 14.6. The van der Waals surface area contributed by atoms with Crippen LogP contribution in [-0.4, -0.2) is 34.6 Å². The van der Waals surface area contributed by atoms with Crippen molar-refractivity contribution < 1.29 is 32.3 Å². The smallest absolute Gasteiger partial charge is 0.418 e. The molecule has 14 heteroatoms. The number of halogens is 3. The highest BCUT2D eigenvalue weighted by atomic mass is 32.2. The molecule has 1 fully saturated rings. The zero-order valence-electron chi connectivity index (χ0n) is 21.6. The van der Waals surface area contributed by atoms with Gasteiger partial charge < -0.3 is 10.1 Å². The number of thiazole rings is 1. The van der Waals surface area contributed by atoms with Gasteiger partial charge in [0, 0.05) is 21.4 Å². The summed E-state index contributed by atoms with van der Waals surface area (Å²) in [5.41, 5.74) is -1.14. The Bertz CT molecular complexity index is 1750. The second-order valence-electron chi connectivity index (χ2n) is 9.48. The molecule has 42 heavy (non-hydrogen) atoms. The number of methoxy groups -OCH3 is 1. The van der Waals surface area contributed by atoms with Gasteiger partial charge in [0.15, 0.2) is 0 Å². The maximum Gasteiger partial charge on any atom is 0.418 e. The predicted octanol–water partition coefficient (Wildman–Crippen LogP) is 5.43. The molecule has 0 aliphatic carbocycles. The largest absolute Gasteiger partial charge is 0.497 e. The molecule has 2 aliphatic heterocycles. The Labute approximate surface area is 248 Å². The molecule has 0 saturated carbocycles. The van der Waals surface area contributed by atoms with Gasteiger partial charge in [0.25, 0.3) is 0 Å². The minimum absolute atomic E-state index is 0.349. The van der Waals surface area contributed by atoms with Crippen LogP contribution in [0.3, 0.4) is 0 Å².